The molecule has 0 saturated carbocycles. The summed E-state index contributed by atoms with van der Waals surface area (Å²) >= 11 is 25.9. The molecule has 0 spiro atoms. The molecule has 0 aliphatic rings. The molecule has 0 bridgehead atoms. The summed E-state index contributed by atoms with van der Waals surface area (Å²) in [6.45, 7) is 1.55. The molecule has 0 unspecified atom stereocenters. The van der Waals surface area contributed by atoms with E-state index in [9.17, 15) is 4.79 Å². The van der Waals surface area contributed by atoms with E-state index in [4.69, 9.17) is 51.1 Å². The molecule has 0 saturated heterocycles. The van der Waals surface area contributed by atoms with E-state index >= 15 is 0 Å². The van der Waals surface area contributed by atoms with Crippen LogP contribution in [0.1, 0.15) is 17.3 Å². The highest BCUT2D eigenvalue weighted by molar-refractivity contribution is 7.97. The minimum Gasteiger partial charge on any atom is -0.295 e. The smallest absolute Gasteiger partial charge is 0.159 e. The van der Waals surface area contributed by atoms with Crippen molar-refractivity contribution in [3.8, 4) is 22.3 Å². The van der Waals surface area contributed by atoms with Crippen molar-refractivity contribution >= 4 is 69.8 Å². The van der Waals surface area contributed by atoms with Crippen LogP contribution in [0.15, 0.2) is 83.8 Å². The zero-order valence-corrected chi connectivity index (χ0v) is 21.1. The van der Waals surface area contributed by atoms with Crippen LogP contribution in [0.25, 0.3) is 22.3 Å². The second-order valence-electron chi connectivity index (χ2n) is 7.25. The Bertz CT molecular complexity index is 1250. The third kappa shape index (κ3) is 5.68. The maximum Gasteiger partial charge on any atom is 0.159 e. The van der Waals surface area contributed by atoms with Crippen LogP contribution in [-0.4, -0.2) is 5.78 Å². The summed E-state index contributed by atoms with van der Waals surface area (Å²) in [5.41, 5.74) is 4.68. The molecule has 33 heavy (non-hydrogen) atoms. The van der Waals surface area contributed by atoms with Crippen molar-refractivity contribution in [3.05, 3.63) is 105 Å². The van der Waals surface area contributed by atoms with Crippen molar-refractivity contribution in [2.75, 3.05) is 0 Å². The summed E-state index contributed by atoms with van der Waals surface area (Å²) < 4.78 is 4.88. The number of rotatable bonds is 6. The Balaban J connectivity index is 1.90. The first-order valence-electron chi connectivity index (χ1n) is 9.86. The van der Waals surface area contributed by atoms with Crippen LogP contribution in [0, 0.1) is 0 Å². The average Bonchev–Trinajstić information content (AvgIpc) is 2.79. The first-order chi connectivity index (χ1) is 15.8. The van der Waals surface area contributed by atoms with Crippen molar-refractivity contribution in [2.24, 2.45) is 0 Å². The summed E-state index contributed by atoms with van der Waals surface area (Å²) in [4.78, 5) is 13.1. The van der Waals surface area contributed by atoms with Gasteiger partial charge in [0.1, 0.15) is 0 Å². The van der Waals surface area contributed by atoms with Gasteiger partial charge in [-0.05, 0) is 72.6 Å². The predicted molar refractivity (Wildman–Crippen MR) is 141 cm³/mol. The van der Waals surface area contributed by atoms with Gasteiger partial charge in [0.05, 0.1) is 10.7 Å². The number of carbonyl (C=O) groups excluding carboxylic acids is 1. The van der Waals surface area contributed by atoms with Gasteiger partial charge in [0, 0.05) is 48.6 Å². The van der Waals surface area contributed by atoms with Gasteiger partial charge in [-0.25, -0.2) is 4.72 Å². The van der Waals surface area contributed by atoms with Gasteiger partial charge in [0.15, 0.2) is 5.78 Å². The predicted octanol–water partition coefficient (Wildman–Crippen LogP) is 9.78. The number of hydrogen-bond acceptors (Lipinski definition) is 2. The number of ketones is 1. The highest BCUT2D eigenvalue weighted by Crippen LogP contribution is 2.42. The van der Waals surface area contributed by atoms with Gasteiger partial charge in [0.25, 0.3) is 0 Å². The second kappa shape index (κ2) is 10.4. The fraction of sp³-hybridized carbons (Fsp3) is 0.0385. The average molecular weight is 532 g/mol. The first kappa shape index (κ1) is 24.0. The Kier molecular flexibility index (Phi) is 7.58. The summed E-state index contributed by atoms with van der Waals surface area (Å²) in [5, 5.41) is 2.32. The number of carbonyl (C=O) groups is 1. The molecule has 4 aromatic carbocycles. The summed E-state index contributed by atoms with van der Waals surface area (Å²) in [6, 6.07) is 23.9. The molecule has 0 heterocycles. The lowest BCUT2D eigenvalue weighted by atomic mass is 9.92. The molecule has 7 heteroatoms. The van der Waals surface area contributed by atoms with E-state index in [1.807, 2.05) is 66.7 Å². The molecule has 4 rings (SSSR count). The molecular weight excluding hydrogens is 516 g/mol. The van der Waals surface area contributed by atoms with Gasteiger partial charge in [-0.1, -0.05) is 70.7 Å². The van der Waals surface area contributed by atoms with Crippen molar-refractivity contribution in [1.82, 2.24) is 4.72 Å². The molecule has 0 N–H and O–H groups in total. The van der Waals surface area contributed by atoms with Crippen LogP contribution in [-0.2, 0) is 0 Å². The number of benzene rings is 4. The standard InChI is InChI=1S/C26H16Cl4NOS/c1-15(32)18-12-22(16-2-6-19(27)7-3-16)26(23(13-18)17-4-8-20(28)9-5-17)31-33-25-11-10-21(29)14-24(25)30/h2-14H,1H3. The Morgan fingerprint density at radius 1 is 0.697 bits per heavy atom. The van der Waals surface area contributed by atoms with E-state index in [-0.39, 0.29) is 5.78 Å². The van der Waals surface area contributed by atoms with Gasteiger partial charge in [-0.15, -0.1) is 0 Å². The topological polar surface area (TPSA) is 31.2 Å². The van der Waals surface area contributed by atoms with Crippen LogP contribution in [0.3, 0.4) is 0 Å². The van der Waals surface area contributed by atoms with E-state index < -0.39 is 0 Å². The van der Waals surface area contributed by atoms with E-state index in [0.717, 1.165) is 27.1 Å². The van der Waals surface area contributed by atoms with Gasteiger partial charge < -0.3 is 0 Å². The van der Waals surface area contributed by atoms with Crippen LogP contribution < -0.4 is 4.72 Å². The largest absolute Gasteiger partial charge is 0.295 e. The number of Topliss-reactive ketones (excluding diaryl/α,β-unsaturated/α-hetero) is 1. The molecule has 0 aliphatic heterocycles. The molecule has 0 fully saturated rings. The molecule has 0 atom stereocenters. The zero-order valence-electron chi connectivity index (χ0n) is 17.3. The fourth-order valence-corrected chi connectivity index (χ4v) is 4.70. The number of nitrogens with zero attached hydrogens (tertiary/aromatic N) is 1. The summed E-state index contributed by atoms with van der Waals surface area (Å²) in [7, 11) is 0. The molecule has 0 aromatic heterocycles. The van der Waals surface area contributed by atoms with Gasteiger partial charge >= 0.3 is 0 Å². The Hall–Kier alpha value is -2.14. The molecule has 0 amide bonds. The Morgan fingerprint density at radius 2 is 1.18 bits per heavy atom. The van der Waals surface area contributed by atoms with Crippen molar-refractivity contribution < 1.29 is 4.79 Å². The number of halogens is 4. The van der Waals surface area contributed by atoms with E-state index in [1.165, 1.54) is 11.9 Å². The Labute approximate surface area is 217 Å². The quantitative estimate of drug-likeness (QED) is 0.183. The van der Waals surface area contributed by atoms with Crippen molar-refractivity contribution in [2.45, 2.75) is 11.8 Å². The second-order valence-corrected chi connectivity index (χ2v) is 9.77. The Morgan fingerprint density at radius 3 is 1.64 bits per heavy atom. The third-order valence-corrected chi connectivity index (χ3v) is 6.95. The lowest BCUT2D eigenvalue weighted by molar-refractivity contribution is 0.101. The van der Waals surface area contributed by atoms with Crippen molar-refractivity contribution in [1.29, 1.82) is 0 Å². The van der Waals surface area contributed by atoms with Gasteiger partial charge in [-0.3, -0.25) is 4.79 Å². The number of hydrogen-bond donors (Lipinski definition) is 0. The van der Waals surface area contributed by atoms with Crippen molar-refractivity contribution in [3.63, 3.8) is 0 Å². The van der Waals surface area contributed by atoms with Crippen LogP contribution in [0.5, 0.6) is 0 Å². The van der Waals surface area contributed by atoms with Gasteiger partial charge in [0.2, 0.25) is 0 Å². The first-order valence-corrected chi connectivity index (χ1v) is 12.1. The lowest BCUT2D eigenvalue weighted by Gasteiger charge is -2.17. The minimum absolute atomic E-state index is 0.0413. The SMILES string of the molecule is CC(=O)c1cc(-c2ccc(Cl)cc2)c([N]Sc2ccc(Cl)cc2Cl)c(-c2ccc(Cl)cc2)c1. The molecule has 1 radical (unpaired) electrons. The molecule has 0 aliphatic carbocycles. The fourth-order valence-electron chi connectivity index (χ4n) is 3.28. The highest BCUT2D eigenvalue weighted by Gasteiger charge is 2.18. The summed E-state index contributed by atoms with van der Waals surface area (Å²) in [6.07, 6.45) is 0. The lowest BCUT2D eigenvalue weighted by Crippen LogP contribution is -2.00. The summed E-state index contributed by atoms with van der Waals surface area (Å²) in [5.74, 6) is -0.0413. The van der Waals surface area contributed by atoms with Crippen LogP contribution in [0.4, 0.5) is 5.69 Å². The maximum atomic E-state index is 12.4. The molecular formula is C26H16Cl4NOS. The highest BCUT2D eigenvalue weighted by atomic mass is 35.5. The zero-order chi connectivity index (χ0) is 23.5. The van der Waals surface area contributed by atoms with E-state index in [1.54, 1.807) is 19.1 Å². The molecule has 4 aromatic rings. The molecule has 165 valence electrons. The minimum atomic E-state index is -0.0413. The van der Waals surface area contributed by atoms with E-state index in [2.05, 4.69) is 0 Å². The van der Waals surface area contributed by atoms with Gasteiger partial charge in [-0.2, -0.15) is 0 Å². The third-order valence-electron chi connectivity index (χ3n) is 4.96. The molecule has 2 nitrogen and oxygen atoms in total. The normalized spacial score (nSPS) is 10.8. The van der Waals surface area contributed by atoms with E-state index in [0.29, 0.717) is 31.3 Å². The maximum absolute atomic E-state index is 12.4. The van der Waals surface area contributed by atoms with Crippen LogP contribution in [0.2, 0.25) is 20.1 Å². The monoisotopic (exact) mass is 530 g/mol. The van der Waals surface area contributed by atoms with Crippen LogP contribution >= 0.6 is 58.4 Å².